The van der Waals surface area contributed by atoms with Crippen LogP contribution >= 0.6 is 0 Å². The molecule has 4 rings (SSSR count). The van der Waals surface area contributed by atoms with Gasteiger partial charge < -0.3 is 14.9 Å². The number of halogens is 1. The van der Waals surface area contributed by atoms with E-state index in [0.29, 0.717) is 31.1 Å². The average Bonchev–Trinajstić information content (AvgIpc) is 3.17. The maximum atomic E-state index is 13.4. The van der Waals surface area contributed by atoms with E-state index < -0.39 is 17.3 Å². The molecule has 0 radical (unpaired) electrons. The number of carbonyl (C=O) groups excluding carboxylic acids is 1. The number of Topliss-reactive ketones (excluding diaryl/α,β-unsaturated/α-hetero) is 1. The van der Waals surface area contributed by atoms with E-state index in [1.54, 1.807) is 7.11 Å². The third-order valence-corrected chi connectivity index (χ3v) is 6.09. The second-order valence-corrected chi connectivity index (χ2v) is 8.30. The normalized spacial score (nSPS) is 26.4. The average molecular weight is 400 g/mol. The van der Waals surface area contributed by atoms with E-state index >= 15 is 0 Å². The molecule has 1 aromatic carbocycles. The van der Waals surface area contributed by atoms with Crippen molar-refractivity contribution in [2.45, 2.75) is 24.9 Å². The molecular formula is C22H25FN2O4. The maximum Gasteiger partial charge on any atom is 0.255 e. The molecule has 1 saturated carbocycles. The number of hydrogen-bond donors (Lipinski definition) is 2. The molecule has 154 valence electrons. The van der Waals surface area contributed by atoms with Gasteiger partial charge in [0.05, 0.1) is 19.3 Å². The molecular weight excluding hydrogens is 375 g/mol. The van der Waals surface area contributed by atoms with E-state index in [1.807, 2.05) is 24.3 Å². The summed E-state index contributed by atoms with van der Waals surface area (Å²) in [5.74, 6) is -0.404. The molecule has 0 bridgehead atoms. The number of aromatic hydroxyl groups is 1. The lowest BCUT2D eigenvalue weighted by Gasteiger charge is -2.26. The smallest absolute Gasteiger partial charge is 0.255 e. The van der Waals surface area contributed by atoms with Crippen molar-refractivity contribution in [1.82, 2.24) is 9.88 Å². The van der Waals surface area contributed by atoms with Gasteiger partial charge in [-0.15, -0.1) is 0 Å². The topological polar surface area (TPSA) is 82.9 Å². The summed E-state index contributed by atoms with van der Waals surface area (Å²) in [6.07, 6.45) is 1.99. The van der Waals surface area contributed by atoms with Crippen molar-refractivity contribution in [3.8, 4) is 11.5 Å². The molecule has 2 N–H and O–H groups in total. The van der Waals surface area contributed by atoms with Gasteiger partial charge in [0.1, 0.15) is 11.4 Å². The highest BCUT2D eigenvalue weighted by Crippen LogP contribution is 2.45. The van der Waals surface area contributed by atoms with Crippen molar-refractivity contribution in [3.05, 3.63) is 53.6 Å². The standard InChI is InChI=1S/C22H25FN2O4/c1-29-17-4-2-3-14(7-17)8-22(28)9-15-11-25(12-16(15)10-22)13-20(27)18-5-6-19(26)21(23)24-18/h2-7,15-16,26,28H,8-13H2,1H3/t15-,16+,22+. The van der Waals surface area contributed by atoms with E-state index in [-0.39, 0.29) is 18.0 Å². The summed E-state index contributed by atoms with van der Waals surface area (Å²) in [5, 5.41) is 20.3. The van der Waals surface area contributed by atoms with E-state index in [0.717, 1.165) is 30.5 Å². The van der Waals surface area contributed by atoms with Crippen molar-refractivity contribution < 1.29 is 24.1 Å². The summed E-state index contributed by atoms with van der Waals surface area (Å²) < 4.78 is 18.7. The van der Waals surface area contributed by atoms with Crippen LogP contribution in [0.25, 0.3) is 0 Å². The number of hydrogen-bond acceptors (Lipinski definition) is 6. The molecule has 6 nitrogen and oxygen atoms in total. The van der Waals surface area contributed by atoms with Crippen LogP contribution in [0.3, 0.4) is 0 Å². The summed E-state index contributed by atoms with van der Waals surface area (Å²) in [5.41, 5.74) is 0.338. The SMILES string of the molecule is COc1cccc(C[C@@]2(O)C[C@H]3CN(CC(=O)c4ccc(O)c(F)n4)C[C@H]3C2)c1. The van der Waals surface area contributed by atoms with Crippen LogP contribution in [0.2, 0.25) is 0 Å². The van der Waals surface area contributed by atoms with Crippen molar-refractivity contribution in [2.75, 3.05) is 26.7 Å². The van der Waals surface area contributed by atoms with Gasteiger partial charge in [0.15, 0.2) is 11.5 Å². The molecule has 1 aromatic heterocycles. The second-order valence-electron chi connectivity index (χ2n) is 8.30. The zero-order valence-electron chi connectivity index (χ0n) is 16.3. The first kappa shape index (κ1) is 19.8. The Hall–Kier alpha value is -2.51. The lowest BCUT2D eigenvalue weighted by atomic mass is 9.91. The quantitative estimate of drug-likeness (QED) is 0.573. The summed E-state index contributed by atoms with van der Waals surface area (Å²) in [6.45, 7) is 1.63. The number of aliphatic hydroxyl groups is 1. The fraction of sp³-hybridized carbons (Fsp3) is 0.455. The maximum absolute atomic E-state index is 13.4. The molecule has 1 aliphatic heterocycles. The van der Waals surface area contributed by atoms with E-state index in [2.05, 4.69) is 9.88 Å². The Morgan fingerprint density at radius 3 is 2.66 bits per heavy atom. The monoisotopic (exact) mass is 400 g/mol. The van der Waals surface area contributed by atoms with Crippen molar-refractivity contribution in [1.29, 1.82) is 0 Å². The van der Waals surface area contributed by atoms with Gasteiger partial charge in [-0.25, -0.2) is 4.98 Å². The van der Waals surface area contributed by atoms with E-state index in [1.165, 1.54) is 6.07 Å². The number of benzene rings is 1. The molecule has 2 aromatic rings. The number of carbonyl (C=O) groups is 1. The molecule has 2 heterocycles. The van der Waals surface area contributed by atoms with Crippen LogP contribution in [0.5, 0.6) is 11.5 Å². The van der Waals surface area contributed by atoms with Crippen LogP contribution in [0.1, 0.15) is 28.9 Å². The van der Waals surface area contributed by atoms with Crippen molar-refractivity contribution in [3.63, 3.8) is 0 Å². The number of methoxy groups -OCH3 is 1. The lowest BCUT2D eigenvalue weighted by molar-refractivity contribution is 0.0355. The van der Waals surface area contributed by atoms with Crippen LogP contribution in [0, 0.1) is 17.8 Å². The highest BCUT2D eigenvalue weighted by Gasteiger charge is 2.48. The van der Waals surface area contributed by atoms with Gasteiger partial charge in [0.25, 0.3) is 5.95 Å². The molecule has 0 unspecified atom stereocenters. The number of ketones is 1. The summed E-state index contributed by atoms with van der Waals surface area (Å²) in [4.78, 5) is 18.0. The van der Waals surface area contributed by atoms with Gasteiger partial charge in [0.2, 0.25) is 0 Å². The van der Waals surface area contributed by atoms with Crippen molar-refractivity contribution in [2.24, 2.45) is 11.8 Å². The molecule has 1 saturated heterocycles. The first-order valence-electron chi connectivity index (χ1n) is 9.81. The fourth-order valence-corrected chi connectivity index (χ4v) is 4.86. The Balaban J connectivity index is 1.34. The molecule has 2 aliphatic rings. The third kappa shape index (κ3) is 4.26. The zero-order valence-corrected chi connectivity index (χ0v) is 16.3. The predicted octanol–water partition coefficient (Wildman–Crippen LogP) is 2.43. The van der Waals surface area contributed by atoms with Crippen LogP contribution in [-0.2, 0) is 6.42 Å². The van der Waals surface area contributed by atoms with E-state index in [9.17, 15) is 19.4 Å². The number of pyridine rings is 1. The van der Waals surface area contributed by atoms with Crippen molar-refractivity contribution >= 4 is 5.78 Å². The summed E-state index contributed by atoms with van der Waals surface area (Å²) in [6, 6.07) is 10.3. The molecule has 0 amide bonds. The summed E-state index contributed by atoms with van der Waals surface area (Å²) in [7, 11) is 1.63. The minimum Gasteiger partial charge on any atom is -0.504 e. The summed E-state index contributed by atoms with van der Waals surface area (Å²) >= 11 is 0. The lowest BCUT2D eigenvalue weighted by Crippen LogP contribution is -2.34. The highest BCUT2D eigenvalue weighted by molar-refractivity contribution is 5.95. The first-order valence-corrected chi connectivity index (χ1v) is 9.81. The van der Waals surface area contributed by atoms with Crippen LogP contribution < -0.4 is 4.74 Å². The Kier molecular flexibility index (Phi) is 5.27. The van der Waals surface area contributed by atoms with E-state index in [4.69, 9.17) is 4.74 Å². The minimum atomic E-state index is -1.03. The molecule has 3 atom stereocenters. The van der Waals surface area contributed by atoms with Gasteiger partial charge in [-0.3, -0.25) is 9.69 Å². The number of rotatable bonds is 6. The Bertz CT molecular complexity index is 905. The Morgan fingerprint density at radius 2 is 2.00 bits per heavy atom. The molecule has 2 fully saturated rings. The Morgan fingerprint density at radius 1 is 1.28 bits per heavy atom. The largest absolute Gasteiger partial charge is 0.504 e. The molecule has 1 aliphatic carbocycles. The van der Waals surface area contributed by atoms with Gasteiger partial charge in [-0.2, -0.15) is 4.39 Å². The number of ether oxygens (including phenoxy) is 1. The Labute approximate surface area is 168 Å². The van der Waals surface area contributed by atoms with Crippen LogP contribution in [0.15, 0.2) is 36.4 Å². The second kappa shape index (κ2) is 7.72. The first-order chi connectivity index (χ1) is 13.8. The van der Waals surface area contributed by atoms with Crippen LogP contribution in [0.4, 0.5) is 4.39 Å². The van der Waals surface area contributed by atoms with Gasteiger partial charge >= 0.3 is 0 Å². The fourth-order valence-electron chi connectivity index (χ4n) is 4.86. The molecule has 29 heavy (non-hydrogen) atoms. The number of fused-ring (bicyclic) bond motifs is 1. The van der Waals surface area contributed by atoms with Gasteiger partial charge in [-0.1, -0.05) is 12.1 Å². The molecule has 7 heteroatoms. The number of nitrogens with zero attached hydrogens (tertiary/aromatic N) is 2. The zero-order chi connectivity index (χ0) is 20.6. The highest BCUT2D eigenvalue weighted by atomic mass is 19.1. The number of likely N-dealkylation sites (tertiary alicyclic amines) is 1. The third-order valence-electron chi connectivity index (χ3n) is 6.09. The number of aromatic nitrogens is 1. The molecule has 0 spiro atoms. The van der Waals surface area contributed by atoms with Gasteiger partial charge in [-0.05, 0) is 54.5 Å². The minimum absolute atomic E-state index is 0.0203. The van der Waals surface area contributed by atoms with Gasteiger partial charge in [0, 0.05) is 19.5 Å². The van der Waals surface area contributed by atoms with Crippen LogP contribution in [-0.4, -0.2) is 58.2 Å². The predicted molar refractivity (Wildman–Crippen MR) is 104 cm³/mol.